The molecule has 0 radical (unpaired) electrons. The summed E-state index contributed by atoms with van der Waals surface area (Å²) in [5, 5.41) is 10.4. The summed E-state index contributed by atoms with van der Waals surface area (Å²) in [7, 11) is 2.01. The van der Waals surface area contributed by atoms with E-state index in [4.69, 9.17) is 31.8 Å². The van der Waals surface area contributed by atoms with Crippen LogP contribution in [0.25, 0.3) is 32.1 Å². The van der Waals surface area contributed by atoms with Crippen LogP contribution in [0.5, 0.6) is 6.01 Å². The maximum Gasteiger partial charge on any atom is 0.319 e. The molecule has 250 valence electrons. The summed E-state index contributed by atoms with van der Waals surface area (Å²) >= 11 is 7.71. The number of nitrogens with zero attached hydrogens (tertiary/aromatic N) is 6. The van der Waals surface area contributed by atoms with Gasteiger partial charge in [0.05, 0.1) is 20.9 Å². The Morgan fingerprint density at radius 1 is 1.27 bits per heavy atom. The van der Waals surface area contributed by atoms with Crippen molar-refractivity contribution in [1.29, 1.82) is 5.26 Å². The summed E-state index contributed by atoms with van der Waals surface area (Å²) in [6.45, 7) is 8.12. The molecule has 0 saturated carbocycles. The van der Waals surface area contributed by atoms with Crippen molar-refractivity contribution in [1.82, 2.24) is 19.8 Å². The van der Waals surface area contributed by atoms with Gasteiger partial charge in [0.1, 0.15) is 40.9 Å². The molecule has 4 aromatic rings. The minimum atomic E-state index is -0.792. The average molecular weight is 696 g/mol. The number of halogens is 3. The molecule has 2 aromatic heterocycles. The normalized spacial score (nSPS) is 17.5. The second-order valence-electron chi connectivity index (χ2n) is 11.8. The Morgan fingerprint density at radius 3 is 2.69 bits per heavy atom. The fraction of sp³-hybridized carbons (Fsp3) is 0.364. The molecule has 2 N–H and O–H groups in total. The number of thiophene rings is 1. The molecule has 2 aliphatic heterocycles. The van der Waals surface area contributed by atoms with E-state index in [-0.39, 0.29) is 72.3 Å². The number of ether oxygens (including phenoxy) is 2. The van der Waals surface area contributed by atoms with Gasteiger partial charge < -0.3 is 29.9 Å². The zero-order valence-electron chi connectivity index (χ0n) is 26.3. The SMILES string of the molecule is C=C(C(=O)N1CCN(c2nc(OCC3CCCN3C)nc3c(F)c(-c4ccc(F)c5sc(N)c(C#N)c45)c(Cl)cc23)CC1)C(C)OC=O. The standard InChI is InChI=1S/C33H32ClF2N7O4S/c1-17(18(2)47-16-44)32(45)43-11-9-42(10-12-43)31-21-13-23(34)26(20-6-7-24(35)29-25(20)22(14-37)30(38)48-29)27(36)28(21)39-33(40-31)46-15-19-5-4-8-41(19)3/h6-7,13,16,18-19H,1,4-5,8-12,15,38H2,2-3H3. The van der Waals surface area contributed by atoms with Crippen molar-refractivity contribution >= 4 is 67.1 Å². The van der Waals surface area contributed by atoms with Gasteiger partial charge in [-0.15, -0.1) is 11.3 Å². The number of hydrogen-bond donors (Lipinski definition) is 1. The van der Waals surface area contributed by atoms with Crippen molar-refractivity contribution in [3.05, 3.63) is 52.6 Å². The van der Waals surface area contributed by atoms with Gasteiger partial charge in [-0.05, 0) is 51.1 Å². The second-order valence-corrected chi connectivity index (χ2v) is 13.3. The third-order valence-electron chi connectivity index (χ3n) is 9.01. The first-order chi connectivity index (χ1) is 23.0. The second kappa shape index (κ2) is 13.5. The van der Waals surface area contributed by atoms with Crippen LogP contribution in [0.4, 0.5) is 19.6 Å². The van der Waals surface area contributed by atoms with Crippen LogP contribution in [-0.4, -0.2) is 90.7 Å². The number of carbonyl (C=O) groups is 2. The van der Waals surface area contributed by atoms with Gasteiger partial charge in [-0.25, -0.2) is 8.78 Å². The zero-order chi connectivity index (χ0) is 34.3. The first-order valence-corrected chi connectivity index (χ1v) is 16.5. The molecule has 4 heterocycles. The van der Waals surface area contributed by atoms with E-state index in [0.29, 0.717) is 44.0 Å². The Hall–Kier alpha value is -4.58. The molecule has 15 heteroatoms. The van der Waals surface area contributed by atoms with Crippen LogP contribution >= 0.6 is 22.9 Å². The Kier molecular flexibility index (Phi) is 9.37. The number of likely N-dealkylation sites (tertiary alicyclic amines) is 1. The van der Waals surface area contributed by atoms with Gasteiger partial charge in [0.2, 0.25) is 0 Å². The van der Waals surface area contributed by atoms with Crippen molar-refractivity contribution < 1.29 is 27.8 Å². The van der Waals surface area contributed by atoms with E-state index in [1.54, 1.807) is 17.9 Å². The maximum atomic E-state index is 16.9. The van der Waals surface area contributed by atoms with E-state index in [1.807, 2.05) is 18.0 Å². The van der Waals surface area contributed by atoms with E-state index >= 15 is 4.39 Å². The van der Waals surface area contributed by atoms with E-state index in [2.05, 4.69) is 16.5 Å². The number of aromatic nitrogens is 2. The number of piperazine rings is 1. The van der Waals surface area contributed by atoms with E-state index in [0.717, 1.165) is 30.7 Å². The Bertz CT molecular complexity index is 1990. The number of nitrogens with two attached hydrogens (primary N) is 1. The summed E-state index contributed by atoms with van der Waals surface area (Å²) < 4.78 is 42.8. The highest BCUT2D eigenvalue weighted by atomic mass is 35.5. The van der Waals surface area contributed by atoms with Gasteiger partial charge in [-0.2, -0.15) is 15.2 Å². The predicted octanol–water partition coefficient (Wildman–Crippen LogP) is 5.14. The number of hydrogen-bond acceptors (Lipinski definition) is 11. The monoisotopic (exact) mass is 695 g/mol. The number of nitriles is 1. The highest BCUT2D eigenvalue weighted by Crippen LogP contribution is 2.45. The van der Waals surface area contributed by atoms with Crippen molar-refractivity contribution in [2.24, 2.45) is 0 Å². The molecule has 2 atom stereocenters. The van der Waals surface area contributed by atoms with Gasteiger partial charge >= 0.3 is 6.01 Å². The van der Waals surface area contributed by atoms with Crippen molar-refractivity contribution in [2.75, 3.05) is 57.0 Å². The lowest BCUT2D eigenvalue weighted by molar-refractivity contribution is -0.134. The molecule has 2 aliphatic rings. The van der Waals surface area contributed by atoms with Crippen LogP contribution in [0.2, 0.25) is 5.02 Å². The van der Waals surface area contributed by atoms with Crippen LogP contribution in [0.15, 0.2) is 30.4 Å². The van der Waals surface area contributed by atoms with Crippen LogP contribution in [0.1, 0.15) is 25.3 Å². The van der Waals surface area contributed by atoms with Gasteiger partial charge in [0.15, 0.2) is 5.82 Å². The van der Waals surface area contributed by atoms with Crippen LogP contribution in [0.3, 0.4) is 0 Å². The number of benzene rings is 2. The Labute approximate surface area is 284 Å². The fourth-order valence-electron chi connectivity index (χ4n) is 6.25. The summed E-state index contributed by atoms with van der Waals surface area (Å²) in [6, 6.07) is 6.24. The zero-order valence-corrected chi connectivity index (χ0v) is 27.8. The van der Waals surface area contributed by atoms with E-state index in [1.165, 1.54) is 12.1 Å². The number of anilines is 2. The number of fused-ring (bicyclic) bond motifs is 2. The molecular weight excluding hydrogens is 664 g/mol. The quantitative estimate of drug-likeness (QED) is 0.185. The van der Waals surface area contributed by atoms with E-state index in [9.17, 15) is 19.2 Å². The highest BCUT2D eigenvalue weighted by Gasteiger charge is 2.30. The molecule has 6 rings (SSSR count). The number of amides is 1. The molecule has 2 unspecified atom stereocenters. The lowest BCUT2D eigenvalue weighted by Crippen LogP contribution is -2.50. The average Bonchev–Trinajstić information content (AvgIpc) is 3.65. The van der Waals surface area contributed by atoms with Crippen molar-refractivity contribution in [3.63, 3.8) is 0 Å². The van der Waals surface area contributed by atoms with Crippen molar-refractivity contribution in [2.45, 2.75) is 31.9 Å². The summed E-state index contributed by atoms with van der Waals surface area (Å²) in [6.07, 6.45) is 1.20. The minimum absolute atomic E-state index is 0.00180. The lowest BCUT2D eigenvalue weighted by Gasteiger charge is -2.36. The first-order valence-electron chi connectivity index (χ1n) is 15.3. The number of carbonyl (C=O) groups excluding carboxylic acids is 2. The van der Waals surface area contributed by atoms with Crippen LogP contribution < -0.4 is 15.4 Å². The van der Waals surface area contributed by atoms with Gasteiger partial charge in [-0.1, -0.05) is 24.2 Å². The molecule has 11 nitrogen and oxygen atoms in total. The maximum absolute atomic E-state index is 16.9. The first kappa shape index (κ1) is 33.3. The third kappa shape index (κ3) is 5.98. The van der Waals surface area contributed by atoms with Crippen LogP contribution in [-0.2, 0) is 14.3 Å². The topological polar surface area (TPSA) is 138 Å². The fourth-order valence-corrected chi connectivity index (χ4v) is 7.49. The molecule has 1 amide bonds. The third-order valence-corrected chi connectivity index (χ3v) is 10.3. The largest absolute Gasteiger partial charge is 0.462 e. The number of nitrogen functional groups attached to an aromatic ring is 1. The molecule has 0 aliphatic carbocycles. The highest BCUT2D eigenvalue weighted by molar-refractivity contribution is 7.23. The molecule has 2 saturated heterocycles. The molecular formula is C33H32ClF2N7O4S. The molecule has 0 spiro atoms. The van der Waals surface area contributed by atoms with E-state index < -0.39 is 17.7 Å². The van der Waals surface area contributed by atoms with Crippen molar-refractivity contribution in [3.8, 4) is 23.2 Å². The number of likely N-dealkylation sites (N-methyl/N-ethyl adjacent to an activating group) is 1. The Morgan fingerprint density at radius 2 is 2.02 bits per heavy atom. The smallest absolute Gasteiger partial charge is 0.319 e. The van der Waals surface area contributed by atoms with Gasteiger partial charge in [0, 0.05) is 48.6 Å². The van der Waals surface area contributed by atoms with Gasteiger partial charge in [0.25, 0.3) is 12.4 Å². The lowest BCUT2D eigenvalue weighted by atomic mass is 9.97. The summed E-state index contributed by atoms with van der Waals surface area (Å²) in [5.74, 6) is -1.35. The molecule has 2 fully saturated rings. The molecule has 0 bridgehead atoms. The molecule has 2 aromatic carbocycles. The van der Waals surface area contributed by atoms with Gasteiger partial charge in [-0.3, -0.25) is 9.59 Å². The number of rotatable bonds is 9. The minimum Gasteiger partial charge on any atom is -0.462 e. The predicted molar refractivity (Wildman–Crippen MR) is 180 cm³/mol. The molecule has 48 heavy (non-hydrogen) atoms. The van der Waals surface area contributed by atoms with Crippen LogP contribution in [0, 0.1) is 23.0 Å². The summed E-state index contributed by atoms with van der Waals surface area (Å²) in [5.41, 5.74) is 6.31. The Balaban J connectivity index is 1.42. The summed E-state index contributed by atoms with van der Waals surface area (Å²) in [4.78, 5) is 38.7.